The largest absolute Gasteiger partial charge is 0.309 e. The second-order valence-corrected chi connectivity index (χ2v) is 21.7. The average Bonchev–Trinajstić information content (AvgIpc) is 4.03. The Kier molecular flexibility index (Phi) is 8.45. The molecule has 0 aliphatic rings. The van der Waals surface area contributed by atoms with E-state index in [1.165, 1.54) is 101 Å². The number of benzene rings is 10. The Hall–Kier alpha value is -7.76. The van der Waals surface area contributed by atoms with Gasteiger partial charge in [-0.1, -0.05) is 170 Å². The predicted molar refractivity (Wildman–Crippen MR) is 277 cm³/mol. The first-order chi connectivity index (χ1) is 31.8. The highest BCUT2D eigenvalue weighted by Crippen LogP contribution is 2.39. The Morgan fingerprint density at radius 2 is 0.750 bits per heavy atom. The highest BCUT2D eigenvalue weighted by atomic mass is 32.1. The van der Waals surface area contributed by atoms with E-state index in [4.69, 9.17) is 0 Å². The van der Waals surface area contributed by atoms with Gasteiger partial charge in [0, 0.05) is 53.1 Å². The van der Waals surface area contributed by atoms with E-state index in [0.717, 1.165) is 5.69 Å². The summed E-state index contributed by atoms with van der Waals surface area (Å²) in [4.78, 5) is 0. The van der Waals surface area contributed by atoms with Crippen molar-refractivity contribution in [2.24, 2.45) is 0 Å². The molecule has 0 spiro atoms. The molecular weight excluding hydrogens is 809 g/mol. The van der Waals surface area contributed by atoms with Crippen LogP contribution in [-0.2, 0) is 0 Å². The molecule has 0 fully saturated rings. The highest BCUT2D eigenvalue weighted by Gasteiger charge is 2.43. The zero-order chi connectivity index (χ0) is 42.2. The van der Waals surface area contributed by atoms with Crippen molar-refractivity contribution in [3.8, 4) is 22.5 Å². The fourth-order valence-electron chi connectivity index (χ4n) is 10.7. The van der Waals surface area contributed by atoms with Crippen molar-refractivity contribution >= 4 is 104 Å². The van der Waals surface area contributed by atoms with E-state index in [-0.39, 0.29) is 0 Å². The van der Waals surface area contributed by atoms with Crippen LogP contribution in [0.2, 0.25) is 0 Å². The molecule has 0 aliphatic carbocycles. The van der Waals surface area contributed by atoms with E-state index in [0.29, 0.717) is 0 Å². The van der Waals surface area contributed by atoms with E-state index in [2.05, 4.69) is 252 Å². The van der Waals surface area contributed by atoms with Crippen molar-refractivity contribution in [3.05, 3.63) is 243 Å². The SMILES string of the molecule is c1ccc(-n2c3ccccc3c3cc(-c4ccc5c(c4)c4ccccc4n5-c4cccc([Si](c5ccccc5)(c5ccccc5)c5cccc6sc7ccccc7c56)c4)ccc32)cc1. The van der Waals surface area contributed by atoms with Crippen LogP contribution in [-0.4, -0.2) is 17.2 Å². The second-order valence-electron chi connectivity index (χ2n) is 16.8. The van der Waals surface area contributed by atoms with Crippen molar-refractivity contribution in [3.63, 3.8) is 0 Å². The minimum absolute atomic E-state index is 1.16. The van der Waals surface area contributed by atoms with E-state index >= 15 is 0 Å². The van der Waals surface area contributed by atoms with Crippen LogP contribution in [0, 0.1) is 0 Å². The Morgan fingerprint density at radius 3 is 1.38 bits per heavy atom. The van der Waals surface area contributed by atoms with Gasteiger partial charge in [0.2, 0.25) is 0 Å². The molecule has 0 amide bonds. The molecule has 4 heteroatoms. The zero-order valence-electron chi connectivity index (χ0n) is 34.9. The number of thiophene rings is 1. The summed E-state index contributed by atoms with van der Waals surface area (Å²) in [5.74, 6) is 0. The maximum Gasteiger partial charge on any atom is 0.180 e. The normalized spacial score (nSPS) is 12.1. The number of hydrogen-bond acceptors (Lipinski definition) is 1. The number of aromatic nitrogens is 2. The number of nitrogens with zero attached hydrogens (tertiary/aromatic N) is 2. The summed E-state index contributed by atoms with van der Waals surface area (Å²) in [5, 5.41) is 13.2. The molecule has 0 N–H and O–H groups in total. The molecule has 13 aromatic rings. The Bertz CT molecular complexity index is 3860. The van der Waals surface area contributed by atoms with Crippen LogP contribution in [0.3, 0.4) is 0 Å². The van der Waals surface area contributed by atoms with E-state index in [1.807, 2.05) is 11.3 Å². The summed E-state index contributed by atoms with van der Waals surface area (Å²) in [7, 11) is -2.95. The van der Waals surface area contributed by atoms with Crippen molar-refractivity contribution in [1.82, 2.24) is 9.13 Å². The lowest BCUT2D eigenvalue weighted by Crippen LogP contribution is -2.74. The first-order valence-electron chi connectivity index (χ1n) is 22.0. The van der Waals surface area contributed by atoms with Gasteiger partial charge in [-0.3, -0.25) is 0 Å². The topological polar surface area (TPSA) is 9.86 Å². The van der Waals surface area contributed by atoms with E-state index in [1.54, 1.807) is 0 Å². The molecule has 0 saturated heterocycles. The quantitative estimate of drug-likeness (QED) is 0.112. The molecule has 0 bridgehead atoms. The van der Waals surface area contributed by atoms with Crippen LogP contribution in [0.5, 0.6) is 0 Å². The maximum atomic E-state index is 2.51. The lowest BCUT2D eigenvalue weighted by molar-refractivity contribution is 1.18. The van der Waals surface area contributed by atoms with E-state index in [9.17, 15) is 0 Å². The lowest BCUT2D eigenvalue weighted by atomic mass is 10.0. The fraction of sp³-hybridized carbons (Fsp3) is 0. The molecule has 10 aromatic carbocycles. The summed E-state index contributed by atoms with van der Waals surface area (Å²) in [6, 6.07) is 90.6. The minimum atomic E-state index is -2.95. The standard InChI is InChI=1S/C60H40N2SSi/c1-4-18-43(19-5-1)61-53-29-13-10-26-48(53)51-38-41(34-36-55(51)61)42-35-37-56-52(39-42)49-27-11-14-30-54(49)62(56)44-20-16-25-47(40-44)64(45-21-6-2-7-22-45,46-23-8-3-9-24-46)59-33-17-32-58-60(59)50-28-12-15-31-57(50)63-58/h1-40H. The summed E-state index contributed by atoms with van der Waals surface area (Å²) < 4.78 is 7.53. The summed E-state index contributed by atoms with van der Waals surface area (Å²) in [6.45, 7) is 0. The van der Waals surface area contributed by atoms with Crippen LogP contribution >= 0.6 is 11.3 Å². The smallest absolute Gasteiger partial charge is 0.180 e. The van der Waals surface area contributed by atoms with Crippen LogP contribution in [0.15, 0.2) is 243 Å². The van der Waals surface area contributed by atoms with Gasteiger partial charge in [0.05, 0.1) is 22.1 Å². The molecule has 0 aliphatic heterocycles. The van der Waals surface area contributed by atoms with Crippen molar-refractivity contribution < 1.29 is 0 Å². The van der Waals surface area contributed by atoms with Gasteiger partial charge in [0.15, 0.2) is 8.07 Å². The van der Waals surface area contributed by atoms with E-state index < -0.39 is 8.07 Å². The third-order valence-electron chi connectivity index (χ3n) is 13.5. The van der Waals surface area contributed by atoms with Gasteiger partial charge in [-0.25, -0.2) is 0 Å². The van der Waals surface area contributed by atoms with Crippen molar-refractivity contribution in [2.75, 3.05) is 0 Å². The molecule has 64 heavy (non-hydrogen) atoms. The van der Waals surface area contributed by atoms with Gasteiger partial charge in [-0.05, 0) is 105 Å². The van der Waals surface area contributed by atoms with Crippen LogP contribution in [0.4, 0.5) is 0 Å². The molecule has 13 rings (SSSR count). The van der Waals surface area contributed by atoms with Gasteiger partial charge in [-0.15, -0.1) is 11.3 Å². The van der Waals surface area contributed by atoms with Crippen molar-refractivity contribution in [2.45, 2.75) is 0 Å². The Morgan fingerprint density at radius 1 is 0.297 bits per heavy atom. The molecule has 300 valence electrons. The Labute approximate surface area is 376 Å². The third-order valence-corrected chi connectivity index (χ3v) is 19.4. The molecule has 3 heterocycles. The van der Waals surface area contributed by atoms with Crippen LogP contribution < -0.4 is 20.7 Å². The fourth-order valence-corrected chi connectivity index (χ4v) is 17.0. The third kappa shape index (κ3) is 5.50. The van der Waals surface area contributed by atoms with Gasteiger partial charge in [0.1, 0.15) is 0 Å². The number of para-hydroxylation sites is 3. The molecule has 2 nitrogen and oxygen atoms in total. The second kappa shape index (κ2) is 14.7. The summed E-state index contributed by atoms with van der Waals surface area (Å²) >= 11 is 1.90. The molecule has 0 radical (unpaired) electrons. The maximum absolute atomic E-state index is 2.95. The minimum Gasteiger partial charge on any atom is -0.309 e. The molecule has 3 aromatic heterocycles. The van der Waals surface area contributed by atoms with Gasteiger partial charge in [-0.2, -0.15) is 0 Å². The van der Waals surface area contributed by atoms with Gasteiger partial charge in [0.25, 0.3) is 0 Å². The number of rotatable bonds is 7. The lowest BCUT2D eigenvalue weighted by Gasteiger charge is -2.35. The van der Waals surface area contributed by atoms with Crippen molar-refractivity contribution in [1.29, 1.82) is 0 Å². The molecular formula is C60H40N2SSi. The van der Waals surface area contributed by atoms with Crippen LogP contribution in [0.25, 0.3) is 86.3 Å². The molecule has 0 saturated carbocycles. The Balaban J connectivity index is 1.03. The zero-order valence-corrected chi connectivity index (χ0v) is 36.7. The van der Waals surface area contributed by atoms with Gasteiger partial charge < -0.3 is 9.13 Å². The summed E-state index contributed by atoms with van der Waals surface area (Å²) in [5.41, 5.74) is 9.57. The number of fused-ring (bicyclic) bond motifs is 9. The monoisotopic (exact) mass is 848 g/mol. The highest BCUT2D eigenvalue weighted by molar-refractivity contribution is 7.27. The first kappa shape index (κ1) is 36.9. The summed E-state index contributed by atoms with van der Waals surface area (Å²) in [6.07, 6.45) is 0. The average molecular weight is 849 g/mol. The first-order valence-corrected chi connectivity index (χ1v) is 24.8. The van der Waals surface area contributed by atoms with Gasteiger partial charge >= 0.3 is 0 Å². The van der Waals surface area contributed by atoms with Crippen LogP contribution in [0.1, 0.15) is 0 Å². The predicted octanol–water partition coefficient (Wildman–Crippen LogP) is 13.3. The molecule has 0 atom stereocenters. The molecule has 0 unspecified atom stereocenters. The number of hydrogen-bond donors (Lipinski definition) is 0.